The molecule has 0 aromatic heterocycles. The van der Waals surface area contributed by atoms with Gasteiger partial charge in [-0.1, -0.05) is 29.8 Å². The largest absolute Gasteiger partial charge is 0.462 e. The number of carbonyl (C=O) groups is 4. The van der Waals surface area contributed by atoms with Crippen molar-refractivity contribution in [2.75, 3.05) is 35.8 Å². The second-order valence-corrected chi connectivity index (χ2v) is 12.5. The van der Waals surface area contributed by atoms with Crippen LogP contribution in [0.15, 0.2) is 97.1 Å². The van der Waals surface area contributed by atoms with Crippen molar-refractivity contribution in [3.8, 4) is 6.07 Å². The highest BCUT2D eigenvalue weighted by molar-refractivity contribution is 6.30. The van der Waals surface area contributed by atoms with Gasteiger partial charge in [-0.2, -0.15) is 5.26 Å². The third-order valence-corrected chi connectivity index (χ3v) is 8.37. The molecule has 0 radical (unpaired) electrons. The highest BCUT2D eigenvalue weighted by Crippen LogP contribution is 2.31. The lowest BCUT2D eigenvalue weighted by atomic mass is 9.98. The van der Waals surface area contributed by atoms with Crippen LogP contribution in [0.3, 0.4) is 0 Å². The van der Waals surface area contributed by atoms with Crippen LogP contribution >= 0.6 is 11.6 Å². The van der Waals surface area contributed by atoms with E-state index in [1.807, 2.05) is 6.07 Å². The van der Waals surface area contributed by atoms with Crippen LogP contribution in [0.25, 0.3) is 0 Å². The predicted octanol–water partition coefficient (Wildman–Crippen LogP) is 7.66. The van der Waals surface area contributed by atoms with Crippen LogP contribution in [0.5, 0.6) is 0 Å². The van der Waals surface area contributed by atoms with E-state index in [1.165, 1.54) is 66.7 Å². The summed E-state index contributed by atoms with van der Waals surface area (Å²) in [6, 6.07) is 25.5. The smallest absolute Gasteiger partial charge is 0.412 e. The van der Waals surface area contributed by atoms with Gasteiger partial charge in [0.15, 0.2) is 18.5 Å². The Kier molecular flexibility index (Phi) is 15.1. The maximum absolute atomic E-state index is 13.7. The van der Waals surface area contributed by atoms with Crippen molar-refractivity contribution in [2.24, 2.45) is 0 Å². The zero-order valence-electron chi connectivity index (χ0n) is 30.6. The first-order valence-corrected chi connectivity index (χ1v) is 18.0. The second-order valence-electron chi connectivity index (χ2n) is 12.1. The molecule has 57 heavy (non-hydrogen) atoms. The number of halogens is 2. The van der Waals surface area contributed by atoms with Crippen LogP contribution in [0, 0.1) is 17.1 Å². The number of benzene rings is 4. The molecule has 3 N–H and O–H groups in total. The number of nitrogens with zero attached hydrogens (tertiary/aromatic N) is 1. The van der Waals surface area contributed by atoms with Crippen molar-refractivity contribution in [1.82, 2.24) is 0 Å². The van der Waals surface area contributed by atoms with E-state index in [4.69, 9.17) is 44.8 Å². The standard InChI is InChI=1S/C40H38ClFN4O11/c1-3-51-36(47)26-10-16-29(17-11-26)44-40(50)57-34-33(56-39(49)45-30-18-12-27(41)13-19-30)32(23-54-38(48)46-31-7-5-6-25(20-31)21-43)55-37(52-4-2)35(34)53-22-24-8-14-28(42)15-9-24/h5-20,32-35,37H,3-4,22-23H2,1-2H3,(H,44,50)(H,45,49)(H,46,48)/t32-,33-,34+,35-,37+/m1/s1. The van der Waals surface area contributed by atoms with E-state index in [0.717, 1.165) is 0 Å². The van der Waals surface area contributed by atoms with E-state index in [-0.39, 0.29) is 36.8 Å². The SMILES string of the molecule is CCOC(=O)c1ccc(NC(=O)O[C@@H]2[C@@H](OCc3ccc(F)cc3)[C@@H](OCC)O[C@H](COC(=O)Nc3cccc(C#N)c3)[C@H]2OC(=O)Nc2ccc(Cl)cc2)cc1. The zero-order valence-corrected chi connectivity index (χ0v) is 31.4. The predicted molar refractivity (Wildman–Crippen MR) is 203 cm³/mol. The number of hydrogen-bond acceptors (Lipinski definition) is 12. The van der Waals surface area contributed by atoms with Gasteiger partial charge in [-0.25, -0.2) is 23.6 Å². The van der Waals surface area contributed by atoms with Gasteiger partial charge in [-0.15, -0.1) is 0 Å². The Balaban J connectivity index is 1.44. The molecule has 5 atom stereocenters. The number of ether oxygens (including phenoxy) is 7. The number of anilines is 3. The fourth-order valence-electron chi connectivity index (χ4n) is 5.49. The number of esters is 1. The summed E-state index contributed by atoms with van der Waals surface area (Å²) in [7, 11) is 0. The van der Waals surface area contributed by atoms with Gasteiger partial charge >= 0.3 is 24.2 Å². The van der Waals surface area contributed by atoms with Crippen molar-refractivity contribution in [3.05, 3.63) is 125 Å². The molecule has 1 aliphatic heterocycles. The first kappa shape index (κ1) is 41.9. The number of carbonyl (C=O) groups excluding carboxylic acids is 4. The van der Waals surface area contributed by atoms with E-state index in [1.54, 1.807) is 44.2 Å². The second kappa shape index (κ2) is 20.6. The molecule has 1 saturated heterocycles. The normalized spacial score (nSPS) is 18.6. The van der Waals surface area contributed by atoms with Crippen LogP contribution in [-0.4, -0.2) is 74.8 Å². The van der Waals surface area contributed by atoms with Crippen molar-refractivity contribution < 1.29 is 56.7 Å². The lowest BCUT2D eigenvalue weighted by Crippen LogP contribution is -2.63. The van der Waals surface area contributed by atoms with E-state index in [2.05, 4.69) is 16.0 Å². The molecule has 5 rings (SSSR count). The minimum absolute atomic E-state index is 0.0820. The molecule has 298 valence electrons. The first-order chi connectivity index (χ1) is 27.5. The van der Waals surface area contributed by atoms with Gasteiger partial charge in [-0.3, -0.25) is 16.0 Å². The Labute approximate surface area is 331 Å². The molecule has 15 nitrogen and oxygen atoms in total. The summed E-state index contributed by atoms with van der Waals surface area (Å²) in [5.41, 5.74) is 1.90. The highest BCUT2D eigenvalue weighted by atomic mass is 35.5. The first-order valence-electron chi connectivity index (χ1n) is 17.6. The maximum atomic E-state index is 13.7. The molecule has 1 aliphatic rings. The number of rotatable bonds is 14. The van der Waals surface area contributed by atoms with E-state index >= 15 is 0 Å². The Morgan fingerprint density at radius 2 is 1.37 bits per heavy atom. The minimum Gasteiger partial charge on any atom is -0.462 e. The molecule has 0 saturated carbocycles. The fourth-order valence-corrected chi connectivity index (χ4v) is 5.62. The van der Waals surface area contributed by atoms with Crippen LogP contribution < -0.4 is 16.0 Å². The molecule has 0 bridgehead atoms. The van der Waals surface area contributed by atoms with Gasteiger partial charge in [-0.05, 0) is 98.3 Å². The molecule has 0 aliphatic carbocycles. The summed E-state index contributed by atoms with van der Waals surface area (Å²) in [4.78, 5) is 52.2. The molecular weight excluding hydrogens is 767 g/mol. The average molecular weight is 805 g/mol. The average Bonchev–Trinajstić information content (AvgIpc) is 3.20. The maximum Gasteiger partial charge on any atom is 0.412 e. The van der Waals surface area contributed by atoms with Gasteiger partial charge in [0, 0.05) is 28.7 Å². The van der Waals surface area contributed by atoms with Crippen LogP contribution in [-0.2, 0) is 39.8 Å². The van der Waals surface area contributed by atoms with E-state index in [0.29, 0.717) is 21.8 Å². The summed E-state index contributed by atoms with van der Waals surface area (Å²) in [5.74, 6) is -1.02. The Bertz CT molecular complexity index is 2030. The Morgan fingerprint density at radius 1 is 0.737 bits per heavy atom. The summed E-state index contributed by atoms with van der Waals surface area (Å²) in [6.45, 7) is 2.90. The Morgan fingerprint density at radius 3 is 2.00 bits per heavy atom. The summed E-state index contributed by atoms with van der Waals surface area (Å²) in [5, 5.41) is 17.3. The van der Waals surface area contributed by atoms with E-state index in [9.17, 15) is 28.8 Å². The van der Waals surface area contributed by atoms with Crippen molar-refractivity contribution in [1.29, 1.82) is 5.26 Å². The number of nitriles is 1. The number of amides is 3. The summed E-state index contributed by atoms with van der Waals surface area (Å²) in [6.07, 6.45) is -9.93. The highest BCUT2D eigenvalue weighted by Gasteiger charge is 2.52. The zero-order chi connectivity index (χ0) is 40.7. The molecule has 4 aromatic carbocycles. The quantitative estimate of drug-likeness (QED) is 0.0834. The number of nitrogens with one attached hydrogen (secondary N) is 3. The van der Waals surface area contributed by atoms with Gasteiger partial charge in [0.05, 0.1) is 30.4 Å². The van der Waals surface area contributed by atoms with Crippen LogP contribution in [0.2, 0.25) is 5.02 Å². The summed E-state index contributed by atoms with van der Waals surface area (Å²) >= 11 is 6.01. The number of hydrogen-bond donors (Lipinski definition) is 3. The molecule has 1 heterocycles. The van der Waals surface area contributed by atoms with Crippen molar-refractivity contribution >= 4 is 52.9 Å². The molecule has 4 aromatic rings. The third kappa shape index (κ3) is 12.4. The molecule has 0 spiro atoms. The fraction of sp³-hybridized carbons (Fsp3) is 0.275. The molecule has 3 amide bonds. The molecule has 1 fully saturated rings. The monoisotopic (exact) mass is 804 g/mol. The minimum atomic E-state index is -1.53. The lowest BCUT2D eigenvalue weighted by molar-refractivity contribution is -0.308. The van der Waals surface area contributed by atoms with Gasteiger partial charge in [0.25, 0.3) is 0 Å². The molecule has 17 heteroatoms. The molecular formula is C40H38ClFN4O11. The van der Waals surface area contributed by atoms with Crippen LogP contribution in [0.4, 0.5) is 35.8 Å². The van der Waals surface area contributed by atoms with E-state index < -0.39 is 67.4 Å². The molecule has 0 unspecified atom stereocenters. The van der Waals surface area contributed by atoms with Gasteiger partial charge in [0.1, 0.15) is 24.6 Å². The van der Waals surface area contributed by atoms with Gasteiger partial charge < -0.3 is 33.2 Å². The van der Waals surface area contributed by atoms with Crippen molar-refractivity contribution in [3.63, 3.8) is 0 Å². The topological polar surface area (TPSA) is 193 Å². The lowest BCUT2D eigenvalue weighted by Gasteiger charge is -2.44. The van der Waals surface area contributed by atoms with Gasteiger partial charge in [0.2, 0.25) is 0 Å². The Hall–Kier alpha value is -6.25. The summed E-state index contributed by atoms with van der Waals surface area (Å²) < 4.78 is 54.4. The van der Waals surface area contributed by atoms with Crippen LogP contribution in [0.1, 0.15) is 35.3 Å². The third-order valence-electron chi connectivity index (χ3n) is 8.11. The van der Waals surface area contributed by atoms with Crippen molar-refractivity contribution in [2.45, 2.75) is 51.2 Å².